The standard InChI is InChI=1S/C20H16O3/c21-19(23-18-14-8-3-9-15-18)20(22,16-10-4-1-5-11-16)17-12-6-2-7-13-17/h1-15,22H. The molecule has 3 nitrogen and oxygen atoms in total. The molecule has 0 fully saturated rings. The van der Waals surface area contributed by atoms with Gasteiger partial charge in [0.1, 0.15) is 5.75 Å². The monoisotopic (exact) mass is 304 g/mol. The summed E-state index contributed by atoms with van der Waals surface area (Å²) in [6.07, 6.45) is 0. The zero-order chi connectivity index (χ0) is 16.1. The third kappa shape index (κ3) is 3.00. The first kappa shape index (κ1) is 15.0. The fourth-order valence-corrected chi connectivity index (χ4v) is 2.43. The maximum atomic E-state index is 12.8. The first-order valence-electron chi connectivity index (χ1n) is 7.32. The molecule has 0 aliphatic rings. The first-order chi connectivity index (χ1) is 11.2. The molecular formula is C20H16O3. The van der Waals surface area contributed by atoms with Crippen molar-refractivity contribution in [1.29, 1.82) is 0 Å². The van der Waals surface area contributed by atoms with Crippen molar-refractivity contribution in [1.82, 2.24) is 0 Å². The van der Waals surface area contributed by atoms with E-state index in [9.17, 15) is 9.90 Å². The van der Waals surface area contributed by atoms with Crippen molar-refractivity contribution in [3.63, 3.8) is 0 Å². The molecule has 0 bridgehead atoms. The van der Waals surface area contributed by atoms with E-state index in [-0.39, 0.29) is 0 Å². The summed E-state index contributed by atoms with van der Waals surface area (Å²) in [5, 5.41) is 11.2. The largest absolute Gasteiger partial charge is 0.424 e. The maximum absolute atomic E-state index is 12.8. The summed E-state index contributed by atoms with van der Waals surface area (Å²) >= 11 is 0. The molecule has 23 heavy (non-hydrogen) atoms. The van der Waals surface area contributed by atoms with Crippen LogP contribution in [0.5, 0.6) is 5.75 Å². The van der Waals surface area contributed by atoms with E-state index in [0.717, 1.165) is 0 Å². The van der Waals surface area contributed by atoms with Gasteiger partial charge in [0.2, 0.25) is 5.60 Å². The van der Waals surface area contributed by atoms with Gasteiger partial charge in [-0.2, -0.15) is 0 Å². The van der Waals surface area contributed by atoms with Crippen LogP contribution in [-0.2, 0) is 10.4 Å². The van der Waals surface area contributed by atoms with Gasteiger partial charge < -0.3 is 9.84 Å². The highest BCUT2D eigenvalue weighted by atomic mass is 16.6. The summed E-state index contributed by atoms with van der Waals surface area (Å²) in [6.45, 7) is 0. The molecule has 0 heterocycles. The summed E-state index contributed by atoms with van der Waals surface area (Å²) in [4.78, 5) is 12.8. The van der Waals surface area contributed by atoms with E-state index >= 15 is 0 Å². The molecule has 0 unspecified atom stereocenters. The second kappa shape index (κ2) is 6.46. The van der Waals surface area contributed by atoms with Gasteiger partial charge >= 0.3 is 5.97 Å². The average molecular weight is 304 g/mol. The molecule has 3 heteroatoms. The number of hydrogen-bond acceptors (Lipinski definition) is 3. The van der Waals surface area contributed by atoms with Gasteiger partial charge in [0.25, 0.3) is 0 Å². The molecule has 114 valence electrons. The van der Waals surface area contributed by atoms with E-state index in [4.69, 9.17) is 4.74 Å². The van der Waals surface area contributed by atoms with Crippen molar-refractivity contribution < 1.29 is 14.6 Å². The van der Waals surface area contributed by atoms with Crippen LogP contribution < -0.4 is 4.74 Å². The van der Waals surface area contributed by atoms with Crippen LogP contribution >= 0.6 is 0 Å². The normalized spacial score (nSPS) is 11.0. The first-order valence-corrected chi connectivity index (χ1v) is 7.32. The topological polar surface area (TPSA) is 46.5 Å². The Kier molecular flexibility index (Phi) is 4.22. The zero-order valence-electron chi connectivity index (χ0n) is 12.4. The van der Waals surface area contributed by atoms with E-state index in [1.54, 1.807) is 72.8 Å². The molecule has 0 aliphatic carbocycles. The highest BCUT2D eigenvalue weighted by molar-refractivity contribution is 5.87. The Morgan fingerprint density at radius 3 is 1.52 bits per heavy atom. The number of para-hydroxylation sites is 1. The van der Waals surface area contributed by atoms with E-state index in [1.807, 2.05) is 18.2 Å². The molecule has 3 aromatic rings. The molecular weight excluding hydrogens is 288 g/mol. The zero-order valence-corrected chi connectivity index (χ0v) is 12.4. The molecule has 3 rings (SSSR count). The van der Waals surface area contributed by atoms with Gasteiger partial charge in [-0.15, -0.1) is 0 Å². The predicted octanol–water partition coefficient (Wildman–Crippen LogP) is 3.53. The summed E-state index contributed by atoms with van der Waals surface area (Å²) in [5.74, 6) is -0.344. The minimum Gasteiger partial charge on any atom is -0.424 e. The summed E-state index contributed by atoms with van der Waals surface area (Å²) in [7, 11) is 0. The number of ether oxygens (including phenoxy) is 1. The van der Waals surface area contributed by atoms with Crippen LogP contribution in [0.25, 0.3) is 0 Å². The predicted molar refractivity (Wildman–Crippen MR) is 88.0 cm³/mol. The quantitative estimate of drug-likeness (QED) is 0.592. The molecule has 0 radical (unpaired) electrons. The summed E-state index contributed by atoms with van der Waals surface area (Å²) in [6, 6.07) is 26.3. The van der Waals surface area contributed by atoms with E-state index in [0.29, 0.717) is 16.9 Å². The molecule has 0 aliphatic heterocycles. The number of aliphatic hydroxyl groups is 1. The molecule has 0 atom stereocenters. The Morgan fingerprint density at radius 1 is 0.696 bits per heavy atom. The van der Waals surface area contributed by atoms with Crippen molar-refractivity contribution in [2.45, 2.75) is 5.60 Å². The number of benzene rings is 3. The van der Waals surface area contributed by atoms with Crippen molar-refractivity contribution in [2.24, 2.45) is 0 Å². The second-order valence-electron chi connectivity index (χ2n) is 5.15. The van der Waals surface area contributed by atoms with Gasteiger partial charge in [0.15, 0.2) is 0 Å². The Morgan fingerprint density at radius 2 is 1.09 bits per heavy atom. The van der Waals surface area contributed by atoms with Gasteiger partial charge in [-0.1, -0.05) is 78.9 Å². The Hall–Kier alpha value is -2.91. The highest BCUT2D eigenvalue weighted by Gasteiger charge is 2.41. The van der Waals surface area contributed by atoms with Gasteiger partial charge in [-0.25, -0.2) is 4.79 Å². The van der Waals surface area contributed by atoms with E-state index in [1.165, 1.54) is 0 Å². The van der Waals surface area contributed by atoms with Gasteiger partial charge in [-0.05, 0) is 23.3 Å². The molecule has 0 saturated carbocycles. The summed E-state index contributed by atoms with van der Waals surface area (Å²) in [5.41, 5.74) is -0.933. The molecule has 1 N–H and O–H groups in total. The Bertz CT molecular complexity index is 728. The number of hydrogen-bond donors (Lipinski definition) is 1. The molecule has 0 aromatic heterocycles. The van der Waals surface area contributed by atoms with Gasteiger partial charge in [0, 0.05) is 0 Å². The fraction of sp³-hybridized carbons (Fsp3) is 0.0500. The highest BCUT2D eigenvalue weighted by Crippen LogP contribution is 2.31. The van der Waals surface area contributed by atoms with Gasteiger partial charge in [-0.3, -0.25) is 0 Å². The third-order valence-electron chi connectivity index (χ3n) is 3.63. The minimum absolute atomic E-state index is 0.391. The minimum atomic E-state index is -1.86. The smallest absolute Gasteiger partial charge is 0.353 e. The van der Waals surface area contributed by atoms with Crippen molar-refractivity contribution in [3.05, 3.63) is 102 Å². The van der Waals surface area contributed by atoms with Crippen LogP contribution in [0.1, 0.15) is 11.1 Å². The lowest BCUT2D eigenvalue weighted by molar-refractivity contribution is -0.152. The number of carbonyl (C=O) groups excluding carboxylic acids is 1. The number of esters is 1. The lowest BCUT2D eigenvalue weighted by Gasteiger charge is -2.26. The molecule has 0 spiro atoms. The SMILES string of the molecule is O=C(Oc1ccccc1)C(O)(c1ccccc1)c1ccccc1. The van der Waals surface area contributed by atoms with Crippen LogP contribution in [0.2, 0.25) is 0 Å². The third-order valence-corrected chi connectivity index (χ3v) is 3.63. The number of carbonyl (C=O) groups is 1. The Balaban J connectivity index is 2.04. The van der Waals surface area contributed by atoms with Crippen molar-refractivity contribution >= 4 is 5.97 Å². The maximum Gasteiger partial charge on any atom is 0.353 e. The van der Waals surface area contributed by atoms with Crippen LogP contribution in [0.3, 0.4) is 0 Å². The lowest BCUT2D eigenvalue weighted by atomic mass is 9.86. The van der Waals surface area contributed by atoms with Gasteiger partial charge in [0.05, 0.1) is 0 Å². The number of rotatable bonds is 4. The van der Waals surface area contributed by atoms with Crippen LogP contribution in [-0.4, -0.2) is 11.1 Å². The molecule has 0 saturated heterocycles. The van der Waals surface area contributed by atoms with Crippen LogP contribution in [0, 0.1) is 0 Å². The second-order valence-corrected chi connectivity index (χ2v) is 5.15. The average Bonchev–Trinajstić information content (AvgIpc) is 2.63. The summed E-state index contributed by atoms with van der Waals surface area (Å²) < 4.78 is 5.40. The molecule has 0 amide bonds. The van der Waals surface area contributed by atoms with E-state index < -0.39 is 11.6 Å². The fourth-order valence-electron chi connectivity index (χ4n) is 2.43. The lowest BCUT2D eigenvalue weighted by Crippen LogP contribution is -2.40. The Labute approximate surface area is 134 Å². The molecule has 3 aromatic carbocycles. The van der Waals surface area contributed by atoms with Crippen molar-refractivity contribution in [2.75, 3.05) is 0 Å². The van der Waals surface area contributed by atoms with Crippen LogP contribution in [0.15, 0.2) is 91.0 Å². The van der Waals surface area contributed by atoms with E-state index in [2.05, 4.69) is 0 Å². The van der Waals surface area contributed by atoms with Crippen molar-refractivity contribution in [3.8, 4) is 5.75 Å². The van der Waals surface area contributed by atoms with Crippen LogP contribution in [0.4, 0.5) is 0 Å².